The molecule has 3 aromatic rings. The number of fused-ring (bicyclic) bond motifs is 1. The van der Waals surface area contributed by atoms with E-state index in [0.717, 1.165) is 17.1 Å². The predicted molar refractivity (Wildman–Crippen MR) is 55.6 cm³/mol. The van der Waals surface area contributed by atoms with Gasteiger partial charge in [-0.2, -0.15) is 5.10 Å². The lowest BCUT2D eigenvalue weighted by Crippen LogP contribution is -2.03. The topological polar surface area (TPSA) is 48.5 Å². The van der Waals surface area contributed by atoms with Crippen LogP contribution in [0.4, 0.5) is 0 Å². The maximum absolute atomic E-state index is 4.46. The summed E-state index contributed by atoms with van der Waals surface area (Å²) in [6, 6.07) is 5.68. The van der Waals surface area contributed by atoms with Gasteiger partial charge in [0.25, 0.3) is 0 Å². The van der Waals surface area contributed by atoms with Gasteiger partial charge in [0, 0.05) is 25.6 Å². The predicted octanol–water partition coefficient (Wildman–Crippen LogP) is 1.15. The molecule has 0 saturated heterocycles. The Morgan fingerprint density at radius 3 is 2.87 bits per heavy atom. The van der Waals surface area contributed by atoms with Crippen LogP contribution in [0.15, 0.2) is 36.8 Å². The largest absolute Gasteiger partial charge is 0.296 e. The van der Waals surface area contributed by atoms with Crippen LogP contribution in [-0.4, -0.2) is 24.3 Å². The Balaban J connectivity index is 2.33. The second kappa shape index (κ2) is 2.91. The van der Waals surface area contributed by atoms with Crippen molar-refractivity contribution in [2.45, 2.75) is 0 Å². The van der Waals surface area contributed by atoms with E-state index in [1.54, 1.807) is 17.1 Å². The van der Waals surface area contributed by atoms with Gasteiger partial charge in [0.1, 0.15) is 5.52 Å². The fraction of sp³-hybridized carbons (Fsp3) is 0.100. The van der Waals surface area contributed by atoms with Crippen molar-refractivity contribution in [1.29, 1.82) is 0 Å². The highest BCUT2D eigenvalue weighted by atomic mass is 15.4. The van der Waals surface area contributed by atoms with Crippen LogP contribution >= 0.6 is 0 Å². The fourth-order valence-electron chi connectivity index (χ4n) is 1.60. The van der Waals surface area contributed by atoms with Crippen molar-refractivity contribution < 1.29 is 0 Å². The standard InChI is InChI=1S/C10H9N5/c1-14-9-8(4-2-5-11-9)13-10(14)15-7-3-6-12-15/h2-7H,1H3. The molecule has 0 spiro atoms. The lowest BCUT2D eigenvalue weighted by molar-refractivity contribution is 0.757. The summed E-state index contributed by atoms with van der Waals surface area (Å²) in [5, 5.41) is 4.15. The molecule has 5 heteroatoms. The van der Waals surface area contributed by atoms with Gasteiger partial charge < -0.3 is 0 Å². The zero-order valence-electron chi connectivity index (χ0n) is 8.20. The molecule has 0 fully saturated rings. The Kier molecular flexibility index (Phi) is 1.58. The number of aromatic nitrogens is 5. The second-order valence-electron chi connectivity index (χ2n) is 3.27. The van der Waals surface area contributed by atoms with Crippen molar-refractivity contribution in [2.75, 3.05) is 0 Å². The minimum absolute atomic E-state index is 0.772. The summed E-state index contributed by atoms with van der Waals surface area (Å²) in [4.78, 5) is 8.73. The summed E-state index contributed by atoms with van der Waals surface area (Å²) in [5.74, 6) is 0.772. The highest BCUT2D eigenvalue weighted by molar-refractivity contribution is 5.72. The third-order valence-electron chi connectivity index (χ3n) is 2.31. The smallest absolute Gasteiger partial charge is 0.232 e. The summed E-state index contributed by atoms with van der Waals surface area (Å²) in [6.45, 7) is 0. The van der Waals surface area contributed by atoms with E-state index in [1.165, 1.54) is 0 Å². The van der Waals surface area contributed by atoms with Gasteiger partial charge in [-0.3, -0.25) is 4.57 Å². The van der Waals surface area contributed by atoms with Crippen LogP contribution in [0.3, 0.4) is 0 Å². The van der Waals surface area contributed by atoms with Gasteiger partial charge in [-0.05, 0) is 18.2 Å². The summed E-state index contributed by atoms with van der Waals surface area (Å²) in [7, 11) is 1.93. The van der Waals surface area contributed by atoms with Crippen molar-refractivity contribution in [1.82, 2.24) is 24.3 Å². The molecule has 3 rings (SSSR count). The number of hydrogen-bond donors (Lipinski definition) is 0. The van der Waals surface area contributed by atoms with Crippen molar-refractivity contribution in [3.63, 3.8) is 0 Å². The minimum atomic E-state index is 0.772. The average Bonchev–Trinajstić information content (AvgIpc) is 2.87. The van der Waals surface area contributed by atoms with Gasteiger partial charge in [-0.25, -0.2) is 14.6 Å². The van der Waals surface area contributed by atoms with E-state index in [4.69, 9.17) is 0 Å². The van der Waals surface area contributed by atoms with Crippen LogP contribution in [-0.2, 0) is 7.05 Å². The maximum Gasteiger partial charge on any atom is 0.232 e. The molecule has 0 aliphatic carbocycles. The molecule has 0 bridgehead atoms. The molecule has 3 aromatic heterocycles. The van der Waals surface area contributed by atoms with E-state index in [0.29, 0.717) is 0 Å². The molecular weight excluding hydrogens is 190 g/mol. The highest BCUT2D eigenvalue weighted by Gasteiger charge is 2.09. The van der Waals surface area contributed by atoms with E-state index < -0.39 is 0 Å². The van der Waals surface area contributed by atoms with Gasteiger partial charge >= 0.3 is 0 Å². The SMILES string of the molecule is Cn1c(-n2cccn2)nc2cccnc21. The normalized spacial score (nSPS) is 11.0. The Morgan fingerprint density at radius 2 is 2.13 bits per heavy atom. The number of rotatable bonds is 1. The molecule has 0 atom stereocenters. The molecule has 15 heavy (non-hydrogen) atoms. The van der Waals surface area contributed by atoms with Crippen molar-refractivity contribution in [3.8, 4) is 5.95 Å². The van der Waals surface area contributed by atoms with Crippen LogP contribution in [0.5, 0.6) is 0 Å². The second-order valence-corrected chi connectivity index (χ2v) is 3.27. The molecule has 5 nitrogen and oxygen atoms in total. The van der Waals surface area contributed by atoms with Crippen LogP contribution in [0, 0.1) is 0 Å². The number of imidazole rings is 1. The molecule has 0 unspecified atom stereocenters. The van der Waals surface area contributed by atoms with Crippen LogP contribution in [0.25, 0.3) is 17.1 Å². The van der Waals surface area contributed by atoms with Gasteiger partial charge in [0.2, 0.25) is 5.95 Å². The number of hydrogen-bond acceptors (Lipinski definition) is 3. The molecule has 0 amide bonds. The van der Waals surface area contributed by atoms with E-state index in [1.807, 2.05) is 36.0 Å². The molecule has 0 radical (unpaired) electrons. The molecule has 3 heterocycles. The third-order valence-corrected chi connectivity index (χ3v) is 2.31. The summed E-state index contributed by atoms with van der Waals surface area (Å²) in [5.41, 5.74) is 1.74. The average molecular weight is 199 g/mol. The first-order valence-corrected chi connectivity index (χ1v) is 4.64. The van der Waals surface area contributed by atoms with E-state index in [2.05, 4.69) is 15.1 Å². The minimum Gasteiger partial charge on any atom is -0.296 e. The molecule has 0 aliphatic heterocycles. The number of pyridine rings is 1. The summed E-state index contributed by atoms with van der Waals surface area (Å²) in [6.07, 6.45) is 5.35. The Hall–Kier alpha value is -2.17. The van der Waals surface area contributed by atoms with E-state index in [-0.39, 0.29) is 0 Å². The monoisotopic (exact) mass is 199 g/mol. The van der Waals surface area contributed by atoms with Crippen LogP contribution in [0.2, 0.25) is 0 Å². The molecular formula is C10H9N5. The van der Waals surface area contributed by atoms with E-state index >= 15 is 0 Å². The first-order chi connectivity index (χ1) is 7.36. The first kappa shape index (κ1) is 8.16. The Bertz CT molecular complexity index is 593. The molecule has 0 saturated carbocycles. The number of aryl methyl sites for hydroxylation is 1. The van der Waals surface area contributed by atoms with Gasteiger partial charge in [-0.15, -0.1) is 0 Å². The highest BCUT2D eigenvalue weighted by Crippen LogP contribution is 2.13. The molecule has 0 aromatic carbocycles. The zero-order chi connectivity index (χ0) is 10.3. The molecule has 74 valence electrons. The quantitative estimate of drug-likeness (QED) is 0.590. The van der Waals surface area contributed by atoms with Crippen molar-refractivity contribution in [3.05, 3.63) is 36.8 Å². The fourth-order valence-corrected chi connectivity index (χ4v) is 1.60. The Morgan fingerprint density at radius 1 is 1.20 bits per heavy atom. The number of nitrogens with zero attached hydrogens (tertiary/aromatic N) is 5. The van der Waals surface area contributed by atoms with Crippen LogP contribution < -0.4 is 0 Å². The zero-order valence-corrected chi connectivity index (χ0v) is 8.20. The lowest BCUT2D eigenvalue weighted by Gasteiger charge is -1.99. The lowest BCUT2D eigenvalue weighted by atomic mass is 10.4. The summed E-state index contributed by atoms with van der Waals surface area (Å²) >= 11 is 0. The Labute approximate surface area is 86.0 Å². The van der Waals surface area contributed by atoms with E-state index in [9.17, 15) is 0 Å². The van der Waals surface area contributed by atoms with Crippen LogP contribution in [0.1, 0.15) is 0 Å². The summed E-state index contributed by atoms with van der Waals surface area (Å²) < 4.78 is 3.64. The molecule has 0 aliphatic rings. The van der Waals surface area contributed by atoms with Gasteiger partial charge in [-0.1, -0.05) is 0 Å². The van der Waals surface area contributed by atoms with Crippen molar-refractivity contribution >= 4 is 11.2 Å². The maximum atomic E-state index is 4.46. The molecule has 0 N–H and O–H groups in total. The third kappa shape index (κ3) is 1.13. The van der Waals surface area contributed by atoms with Gasteiger partial charge in [0.15, 0.2) is 5.65 Å². The van der Waals surface area contributed by atoms with Gasteiger partial charge in [0.05, 0.1) is 0 Å². The first-order valence-electron chi connectivity index (χ1n) is 4.64. The van der Waals surface area contributed by atoms with Crippen molar-refractivity contribution in [2.24, 2.45) is 7.05 Å².